The largest absolute Gasteiger partial charge is 0.375 e. The minimum Gasteiger partial charge on any atom is -0.375 e. The molecule has 0 amide bonds. The second-order valence-corrected chi connectivity index (χ2v) is 10.3. The zero-order valence-electron chi connectivity index (χ0n) is 21.1. The van der Waals surface area contributed by atoms with Gasteiger partial charge in [0.2, 0.25) is 0 Å². The van der Waals surface area contributed by atoms with Crippen molar-refractivity contribution in [3.05, 3.63) is 52.9 Å². The number of rotatable bonds is 4. The lowest BCUT2D eigenvalue weighted by molar-refractivity contribution is 0.0341. The third kappa shape index (κ3) is 4.21. The number of hydrogen-bond donors (Lipinski definition) is 2. The molecule has 0 radical (unpaired) electrons. The van der Waals surface area contributed by atoms with Gasteiger partial charge in [0.1, 0.15) is 11.2 Å². The fraction of sp³-hybridized carbons (Fsp3) is 0.429. The van der Waals surface area contributed by atoms with Crippen LogP contribution in [0.4, 0.5) is 17.3 Å². The first-order chi connectivity index (χ1) is 18.0. The van der Waals surface area contributed by atoms with Crippen molar-refractivity contribution in [3.63, 3.8) is 0 Å². The number of benzene rings is 1. The molecule has 0 spiro atoms. The molecule has 4 unspecified atom stereocenters. The zero-order chi connectivity index (χ0) is 25.5. The number of ether oxygens (including phenoxy) is 1. The molecule has 2 N–H and O–H groups in total. The number of aromatic nitrogens is 4. The Bertz CT molecular complexity index is 1550. The molecule has 3 aromatic heterocycles. The molecule has 190 valence electrons. The summed E-state index contributed by atoms with van der Waals surface area (Å²) in [5, 5.41) is 19.6. The molecular formula is C28H31N7O2. The predicted molar refractivity (Wildman–Crippen MR) is 144 cm³/mol. The highest BCUT2D eigenvalue weighted by molar-refractivity contribution is 5.97. The summed E-state index contributed by atoms with van der Waals surface area (Å²) in [5.74, 6) is 1.26. The van der Waals surface area contributed by atoms with Gasteiger partial charge in [-0.15, -0.1) is 0 Å². The van der Waals surface area contributed by atoms with Gasteiger partial charge < -0.3 is 19.9 Å². The van der Waals surface area contributed by atoms with Gasteiger partial charge in [0.15, 0.2) is 5.82 Å². The summed E-state index contributed by atoms with van der Waals surface area (Å²) in [5.41, 5.74) is 2.13. The number of pyridine rings is 2. The number of aromatic amines is 1. The summed E-state index contributed by atoms with van der Waals surface area (Å²) < 4.78 is 7.70. The Morgan fingerprint density at radius 1 is 1.16 bits per heavy atom. The number of hydrogen-bond acceptors (Lipinski definition) is 7. The van der Waals surface area contributed by atoms with E-state index in [-0.39, 0.29) is 29.7 Å². The van der Waals surface area contributed by atoms with E-state index in [1.54, 1.807) is 6.20 Å². The molecule has 1 saturated carbocycles. The lowest BCUT2D eigenvalue weighted by atomic mass is 9.85. The zero-order valence-corrected chi connectivity index (χ0v) is 21.1. The number of para-hydroxylation sites is 1. The van der Waals surface area contributed by atoms with Crippen molar-refractivity contribution in [3.8, 4) is 6.07 Å². The summed E-state index contributed by atoms with van der Waals surface area (Å²) in [6, 6.07) is 14.6. The molecule has 4 aromatic rings. The molecule has 6 rings (SSSR count). The smallest absolute Gasteiger partial charge is 0.261 e. The van der Waals surface area contributed by atoms with Gasteiger partial charge in [0.25, 0.3) is 5.56 Å². The Labute approximate surface area is 215 Å². The maximum Gasteiger partial charge on any atom is 0.261 e. The Hall–Kier alpha value is -3.90. The number of anilines is 3. The van der Waals surface area contributed by atoms with Crippen LogP contribution in [-0.2, 0) is 4.74 Å². The summed E-state index contributed by atoms with van der Waals surface area (Å²) in [6.07, 6.45) is 5.60. The normalized spacial score (nSPS) is 24.3. The number of nitriles is 1. The Morgan fingerprint density at radius 3 is 2.89 bits per heavy atom. The first kappa shape index (κ1) is 23.5. The summed E-state index contributed by atoms with van der Waals surface area (Å²) in [4.78, 5) is 23.1. The second-order valence-electron chi connectivity index (χ2n) is 10.3. The van der Waals surface area contributed by atoms with E-state index in [0.717, 1.165) is 60.2 Å². The van der Waals surface area contributed by atoms with Crippen LogP contribution in [-0.4, -0.2) is 45.0 Å². The number of nitrogens with one attached hydrogen (secondary N) is 2. The molecule has 1 saturated heterocycles. The van der Waals surface area contributed by atoms with Gasteiger partial charge in [-0.1, -0.05) is 25.0 Å². The van der Waals surface area contributed by atoms with Crippen LogP contribution in [0, 0.1) is 17.2 Å². The van der Waals surface area contributed by atoms with Crippen LogP contribution < -0.4 is 15.8 Å². The van der Waals surface area contributed by atoms with Crippen LogP contribution in [0.3, 0.4) is 0 Å². The van der Waals surface area contributed by atoms with E-state index in [4.69, 9.17) is 14.8 Å². The van der Waals surface area contributed by atoms with E-state index in [0.29, 0.717) is 17.8 Å². The van der Waals surface area contributed by atoms with Gasteiger partial charge in [0.05, 0.1) is 53.5 Å². The van der Waals surface area contributed by atoms with Crippen LogP contribution in [0.2, 0.25) is 0 Å². The molecule has 2 aliphatic rings. The quantitative estimate of drug-likeness (QED) is 0.413. The molecule has 37 heavy (non-hydrogen) atoms. The van der Waals surface area contributed by atoms with E-state index in [1.807, 2.05) is 28.9 Å². The molecule has 2 fully saturated rings. The number of fused-ring (bicyclic) bond motifs is 2. The van der Waals surface area contributed by atoms with Crippen molar-refractivity contribution >= 4 is 39.1 Å². The maximum atomic E-state index is 13.0. The molecule has 1 aromatic carbocycles. The predicted octanol–water partition coefficient (Wildman–Crippen LogP) is 4.88. The van der Waals surface area contributed by atoms with Crippen LogP contribution in [0.25, 0.3) is 21.8 Å². The topological polar surface area (TPSA) is 112 Å². The first-order valence-electron chi connectivity index (χ1n) is 13.1. The van der Waals surface area contributed by atoms with Crippen molar-refractivity contribution < 1.29 is 4.74 Å². The highest BCUT2D eigenvalue weighted by atomic mass is 16.5. The van der Waals surface area contributed by atoms with Crippen LogP contribution in [0.15, 0.2) is 47.4 Å². The third-order valence-corrected chi connectivity index (χ3v) is 7.70. The lowest BCUT2D eigenvalue weighted by Gasteiger charge is -2.37. The molecule has 1 aliphatic carbocycles. The highest BCUT2D eigenvalue weighted by Crippen LogP contribution is 2.37. The standard InChI is InChI=1S/C28H31N7O2/c1-17-16-37-18(2)15-34(17)24-11-10-19-7-5-8-21(26(19)32-24)31-27-25-23(12-13-30-28(25)36)35(33-27)22-9-4-3-6-20(22)14-29/h5,7-8,10-13,17-18,20,22H,3-4,6,9,15-16H2,1-2H3,(H,30,36)(H,31,33). The molecule has 9 heteroatoms. The van der Waals surface area contributed by atoms with E-state index >= 15 is 0 Å². The van der Waals surface area contributed by atoms with Crippen LogP contribution in [0.1, 0.15) is 45.6 Å². The molecule has 4 atom stereocenters. The monoisotopic (exact) mass is 497 g/mol. The van der Waals surface area contributed by atoms with Crippen molar-refractivity contribution in [1.29, 1.82) is 5.26 Å². The summed E-state index contributed by atoms with van der Waals surface area (Å²) in [7, 11) is 0. The average molecular weight is 498 g/mol. The van der Waals surface area contributed by atoms with Crippen molar-refractivity contribution in [2.45, 2.75) is 57.7 Å². The molecule has 1 aliphatic heterocycles. The van der Waals surface area contributed by atoms with Gasteiger partial charge in [0, 0.05) is 18.1 Å². The SMILES string of the molecule is CC1CN(c2ccc3cccc(Nc4nn(C5CCCCC5C#N)c5cc[nH]c(=O)c45)c3n2)C(C)CO1. The molecule has 4 heterocycles. The van der Waals surface area contributed by atoms with Crippen molar-refractivity contribution in [1.82, 2.24) is 19.7 Å². The number of nitrogens with zero attached hydrogens (tertiary/aromatic N) is 5. The minimum atomic E-state index is -0.208. The van der Waals surface area contributed by atoms with Gasteiger partial charge in [-0.3, -0.25) is 9.48 Å². The molecular weight excluding hydrogens is 466 g/mol. The lowest BCUT2D eigenvalue weighted by Crippen LogP contribution is -2.47. The third-order valence-electron chi connectivity index (χ3n) is 7.70. The van der Waals surface area contributed by atoms with Crippen molar-refractivity contribution in [2.24, 2.45) is 5.92 Å². The molecule has 0 bridgehead atoms. The van der Waals surface area contributed by atoms with E-state index in [2.05, 4.69) is 47.3 Å². The minimum absolute atomic E-state index is 0.0550. The highest BCUT2D eigenvalue weighted by Gasteiger charge is 2.30. The summed E-state index contributed by atoms with van der Waals surface area (Å²) >= 11 is 0. The fourth-order valence-electron chi connectivity index (χ4n) is 5.74. The van der Waals surface area contributed by atoms with E-state index in [1.165, 1.54) is 0 Å². The van der Waals surface area contributed by atoms with E-state index in [9.17, 15) is 10.1 Å². The van der Waals surface area contributed by atoms with Gasteiger partial charge in [-0.25, -0.2) is 4.98 Å². The Morgan fingerprint density at radius 2 is 2.03 bits per heavy atom. The van der Waals surface area contributed by atoms with E-state index < -0.39 is 0 Å². The average Bonchev–Trinajstić information content (AvgIpc) is 3.29. The first-order valence-corrected chi connectivity index (χ1v) is 13.1. The second kappa shape index (κ2) is 9.52. The fourth-order valence-corrected chi connectivity index (χ4v) is 5.74. The van der Waals surface area contributed by atoms with Crippen LogP contribution in [0.5, 0.6) is 0 Å². The van der Waals surface area contributed by atoms with Crippen molar-refractivity contribution in [2.75, 3.05) is 23.4 Å². The summed E-state index contributed by atoms with van der Waals surface area (Å²) in [6.45, 7) is 5.67. The van der Waals surface area contributed by atoms with Crippen LogP contribution >= 0.6 is 0 Å². The Balaban J connectivity index is 1.44. The molecule has 9 nitrogen and oxygen atoms in total. The number of morpholine rings is 1. The van der Waals surface area contributed by atoms with Gasteiger partial charge >= 0.3 is 0 Å². The van der Waals surface area contributed by atoms with Gasteiger partial charge in [-0.05, 0) is 51.0 Å². The Kier molecular flexibility index (Phi) is 6.05. The maximum absolute atomic E-state index is 13.0. The number of H-pyrrole nitrogens is 1. The van der Waals surface area contributed by atoms with Gasteiger partial charge in [-0.2, -0.15) is 10.4 Å².